The molecule has 2 amide bonds. The summed E-state index contributed by atoms with van der Waals surface area (Å²) in [6.45, 7) is 1.95. The summed E-state index contributed by atoms with van der Waals surface area (Å²) >= 11 is 5.58. The average molecular weight is 355 g/mol. The first-order chi connectivity index (χ1) is 11.3. The number of nitrogens with one attached hydrogen (secondary N) is 2. The van der Waals surface area contributed by atoms with Crippen LogP contribution in [0.3, 0.4) is 0 Å². The number of alkyl halides is 3. The lowest BCUT2D eigenvalue weighted by molar-refractivity contribution is -0.136. The fourth-order valence-corrected chi connectivity index (χ4v) is 2.08. The van der Waals surface area contributed by atoms with Gasteiger partial charge >= 0.3 is 12.2 Å². The van der Waals surface area contributed by atoms with Crippen LogP contribution in [0.4, 0.5) is 23.7 Å². The van der Waals surface area contributed by atoms with E-state index in [1.807, 2.05) is 31.2 Å². The van der Waals surface area contributed by atoms with Crippen LogP contribution in [0.1, 0.15) is 16.7 Å². The second-order valence-electron chi connectivity index (χ2n) is 5.03. The maximum atomic E-state index is 12.9. The Labute approximate surface area is 142 Å². The monoisotopic (exact) mass is 354 g/mol. The largest absolute Gasteiger partial charge is 0.418 e. The van der Waals surface area contributed by atoms with Crippen molar-refractivity contribution in [3.8, 4) is 0 Å². The van der Waals surface area contributed by atoms with Crippen molar-refractivity contribution in [1.82, 2.24) is 5.32 Å². The van der Waals surface area contributed by atoms with E-state index in [4.69, 9.17) is 11.6 Å². The fourth-order valence-electron chi connectivity index (χ4n) is 1.91. The normalized spacial score (nSPS) is 11.5. The number of benzene rings is 2. The summed E-state index contributed by atoms with van der Waals surface area (Å²) in [4.78, 5) is 11.7. The van der Waals surface area contributed by atoms with Gasteiger partial charge in [-0.15, -0.1) is 0 Å². The number of amides is 2. The number of hydrogen-bond acceptors (Lipinski definition) is 1. The molecule has 3 nitrogen and oxygen atoms in total. The predicted octanol–water partition coefficient (Wildman–Crippen LogP) is 5.46. The third kappa shape index (κ3) is 5.03. The van der Waals surface area contributed by atoms with E-state index in [0.29, 0.717) is 0 Å². The highest BCUT2D eigenvalue weighted by Crippen LogP contribution is 2.36. The van der Waals surface area contributed by atoms with Gasteiger partial charge in [-0.1, -0.05) is 41.4 Å². The zero-order valence-corrected chi connectivity index (χ0v) is 13.4. The van der Waals surface area contributed by atoms with E-state index in [-0.39, 0.29) is 10.7 Å². The van der Waals surface area contributed by atoms with Crippen LogP contribution in [-0.2, 0) is 6.18 Å². The van der Waals surface area contributed by atoms with Crippen LogP contribution in [0.15, 0.2) is 48.7 Å². The Morgan fingerprint density at radius 1 is 1.12 bits per heavy atom. The van der Waals surface area contributed by atoms with Crippen molar-refractivity contribution in [2.45, 2.75) is 13.1 Å². The minimum absolute atomic E-state index is 0.0625. The van der Waals surface area contributed by atoms with Gasteiger partial charge in [0, 0.05) is 11.2 Å². The standard InChI is InChI=1S/C17H14ClF3N2O/c1-11-2-4-12(5-3-11)8-9-22-16(24)23-15-7-6-13(18)10-14(15)17(19,20)21/h2-10H,1H3,(H2,22,23,24)/b9-8+. The van der Waals surface area contributed by atoms with Gasteiger partial charge in [0.05, 0.1) is 11.3 Å². The molecule has 0 radical (unpaired) electrons. The van der Waals surface area contributed by atoms with E-state index in [1.54, 1.807) is 6.08 Å². The predicted molar refractivity (Wildman–Crippen MR) is 88.8 cm³/mol. The number of anilines is 1. The maximum Gasteiger partial charge on any atom is 0.418 e. The summed E-state index contributed by atoms with van der Waals surface area (Å²) in [5.74, 6) is 0. The van der Waals surface area contributed by atoms with E-state index in [2.05, 4.69) is 10.6 Å². The van der Waals surface area contributed by atoms with Crippen molar-refractivity contribution < 1.29 is 18.0 Å². The molecule has 2 rings (SSSR count). The van der Waals surface area contributed by atoms with Crippen molar-refractivity contribution in [1.29, 1.82) is 0 Å². The highest BCUT2D eigenvalue weighted by atomic mass is 35.5. The van der Waals surface area contributed by atoms with Gasteiger partial charge in [-0.3, -0.25) is 0 Å². The average Bonchev–Trinajstić information content (AvgIpc) is 2.50. The van der Waals surface area contributed by atoms with Gasteiger partial charge in [0.2, 0.25) is 0 Å². The summed E-state index contributed by atoms with van der Waals surface area (Å²) in [6, 6.07) is 9.87. The van der Waals surface area contributed by atoms with Crippen LogP contribution in [0.2, 0.25) is 5.02 Å². The lowest BCUT2D eigenvalue weighted by Gasteiger charge is -2.13. The van der Waals surface area contributed by atoms with Crippen molar-refractivity contribution in [3.63, 3.8) is 0 Å². The summed E-state index contributed by atoms with van der Waals surface area (Å²) < 4.78 is 38.8. The number of rotatable bonds is 3. The van der Waals surface area contributed by atoms with Crippen molar-refractivity contribution in [2.24, 2.45) is 0 Å². The molecule has 0 aliphatic rings. The summed E-state index contributed by atoms with van der Waals surface area (Å²) in [6.07, 6.45) is -1.64. The summed E-state index contributed by atoms with van der Waals surface area (Å²) in [7, 11) is 0. The van der Waals surface area contributed by atoms with Crippen LogP contribution in [-0.4, -0.2) is 6.03 Å². The quantitative estimate of drug-likeness (QED) is 0.755. The topological polar surface area (TPSA) is 41.1 Å². The molecule has 0 bridgehead atoms. The van der Waals surface area contributed by atoms with Gasteiger partial charge in [-0.05, 0) is 36.8 Å². The molecule has 0 aliphatic carbocycles. The zero-order valence-electron chi connectivity index (χ0n) is 12.6. The number of aryl methyl sites for hydroxylation is 1. The first-order valence-electron chi connectivity index (χ1n) is 6.93. The van der Waals surface area contributed by atoms with Crippen LogP contribution in [0.5, 0.6) is 0 Å². The van der Waals surface area contributed by atoms with Gasteiger partial charge in [-0.2, -0.15) is 13.2 Å². The molecule has 0 aliphatic heterocycles. The van der Waals surface area contributed by atoms with Gasteiger partial charge in [0.1, 0.15) is 0 Å². The van der Waals surface area contributed by atoms with Crippen molar-refractivity contribution in [2.75, 3.05) is 5.32 Å². The smallest absolute Gasteiger partial charge is 0.314 e. The molecule has 126 valence electrons. The molecule has 0 aromatic heterocycles. The Balaban J connectivity index is 2.04. The second kappa shape index (κ2) is 7.40. The van der Waals surface area contributed by atoms with Crippen molar-refractivity contribution in [3.05, 3.63) is 70.4 Å². The third-order valence-electron chi connectivity index (χ3n) is 3.10. The van der Waals surface area contributed by atoms with Crippen LogP contribution in [0, 0.1) is 6.92 Å². The molecule has 2 aromatic carbocycles. The molecule has 2 aromatic rings. The van der Waals surface area contributed by atoms with Crippen LogP contribution in [0.25, 0.3) is 6.08 Å². The highest BCUT2D eigenvalue weighted by molar-refractivity contribution is 6.30. The zero-order chi connectivity index (χ0) is 17.7. The van der Waals surface area contributed by atoms with Crippen LogP contribution >= 0.6 is 11.6 Å². The van der Waals surface area contributed by atoms with E-state index in [9.17, 15) is 18.0 Å². The number of hydrogen-bond donors (Lipinski definition) is 2. The van der Waals surface area contributed by atoms with E-state index >= 15 is 0 Å². The van der Waals surface area contributed by atoms with Gasteiger partial charge in [0.25, 0.3) is 0 Å². The Hall–Kier alpha value is -2.47. The third-order valence-corrected chi connectivity index (χ3v) is 3.34. The lowest BCUT2D eigenvalue weighted by atomic mass is 10.1. The molecule has 0 saturated carbocycles. The summed E-state index contributed by atoms with van der Waals surface area (Å²) in [5.41, 5.74) is 0.574. The molecular weight excluding hydrogens is 341 g/mol. The highest BCUT2D eigenvalue weighted by Gasteiger charge is 2.34. The molecule has 24 heavy (non-hydrogen) atoms. The molecule has 2 N–H and O–H groups in total. The SMILES string of the molecule is Cc1ccc(/C=C/NC(=O)Nc2ccc(Cl)cc2C(F)(F)F)cc1. The van der Waals surface area contributed by atoms with Crippen molar-refractivity contribution >= 4 is 29.4 Å². The Morgan fingerprint density at radius 2 is 1.79 bits per heavy atom. The first-order valence-corrected chi connectivity index (χ1v) is 7.31. The van der Waals surface area contributed by atoms with E-state index < -0.39 is 17.8 Å². The Kier molecular flexibility index (Phi) is 5.51. The number of urea groups is 1. The molecule has 0 atom stereocenters. The molecule has 0 heterocycles. The molecule has 0 saturated heterocycles. The Bertz CT molecular complexity index is 755. The lowest BCUT2D eigenvalue weighted by Crippen LogP contribution is -2.25. The van der Waals surface area contributed by atoms with E-state index in [1.165, 1.54) is 12.3 Å². The fraction of sp³-hybridized carbons (Fsp3) is 0.118. The first kappa shape index (κ1) is 17.9. The minimum atomic E-state index is -4.62. The van der Waals surface area contributed by atoms with E-state index in [0.717, 1.165) is 23.3 Å². The second-order valence-corrected chi connectivity index (χ2v) is 5.47. The molecule has 0 spiro atoms. The maximum absolute atomic E-state index is 12.9. The molecular formula is C17H14ClF3N2O. The number of carbonyl (C=O) groups excluding carboxylic acids is 1. The minimum Gasteiger partial charge on any atom is -0.314 e. The molecule has 7 heteroatoms. The Morgan fingerprint density at radius 3 is 2.42 bits per heavy atom. The van der Waals surface area contributed by atoms with Gasteiger partial charge in [0.15, 0.2) is 0 Å². The van der Waals surface area contributed by atoms with Crippen LogP contribution < -0.4 is 10.6 Å². The van der Waals surface area contributed by atoms with Gasteiger partial charge in [-0.25, -0.2) is 4.79 Å². The number of carbonyl (C=O) groups is 1. The molecule has 0 fully saturated rings. The molecule has 0 unspecified atom stereocenters. The number of halogens is 4. The van der Waals surface area contributed by atoms with Gasteiger partial charge < -0.3 is 10.6 Å². The summed E-state index contributed by atoms with van der Waals surface area (Å²) in [5, 5.41) is 4.45.